The van der Waals surface area contributed by atoms with Crippen LogP contribution in [0.2, 0.25) is 0 Å². The van der Waals surface area contributed by atoms with E-state index in [4.69, 9.17) is 24.9 Å². The highest BCUT2D eigenvalue weighted by Crippen LogP contribution is 2.49. The zero-order valence-corrected chi connectivity index (χ0v) is 24.0. The molecule has 2 aliphatic rings. The first-order valence-electron chi connectivity index (χ1n) is 14.4. The van der Waals surface area contributed by atoms with E-state index < -0.39 is 5.79 Å². The number of ether oxygens (including phenoxy) is 3. The molecule has 7 rings (SSSR count). The van der Waals surface area contributed by atoms with Crippen molar-refractivity contribution in [2.75, 3.05) is 18.2 Å². The van der Waals surface area contributed by atoms with Crippen molar-refractivity contribution in [3.8, 4) is 5.75 Å². The summed E-state index contributed by atoms with van der Waals surface area (Å²) in [4.78, 5) is 18.0. The number of aromatic nitrogens is 5. The molecule has 4 heterocycles. The minimum atomic E-state index is -0.627. The van der Waals surface area contributed by atoms with Crippen molar-refractivity contribution in [1.82, 2.24) is 24.5 Å². The molecular formula is C32H35N7O3. The summed E-state index contributed by atoms with van der Waals surface area (Å²) in [7, 11) is 1.67. The predicted molar refractivity (Wildman–Crippen MR) is 161 cm³/mol. The molecule has 216 valence electrons. The third-order valence-electron chi connectivity index (χ3n) is 8.51. The van der Waals surface area contributed by atoms with E-state index in [0.29, 0.717) is 24.2 Å². The van der Waals surface area contributed by atoms with Gasteiger partial charge in [-0.15, -0.1) is 0 Å². The van der Waals surface area contributed by atoms with Crippen LogP contribution >= 0.6 is 0 Å². The fourth-order valence-corrected chi connectivity index (χ4v) is 6.46. The fraction of sp³-hybridized carbons (Fsp3) is 0.375. The first-order valence-corrected chi connectivity index (χ1v) is 14.4. The average Bonchev–Trinajstić information content (AvgIpc) is 3.66. The normalized spacial score (nSPS) is 22.9. The van der Waals surface area contributed by atoms with Crippen LogP contribution in [0.15, 0.2) is 67.3 Å². The predicted octanol–water partition coefficient (Wildman–Crippen LogP) is 5.29. The lowest BCUT2D eigenvalue weighted by molar-refractivity contribution is -0.160. The van der Waals surface area contributed by atoms with Crippen LogP contribution in [0.1, 0.15) is 43.9 Å². The fourth-order valence-electron chi connectivity index (χ4n) is 6.46. The Bertz CT molecular complexity index is 1740. The van der Waals surface area contributed by atoms with Gasteiger partial charge in [0.05, 0.1) is 30.2 Å². The van der Waals surface area contributed by atoms with Crippen molar-refractivity contribution in [3.05, 3.63) is 78.4 Å². The van der Waals surface area contributed by atoms with Gasteiger partial charge in [0.2, 0.25) is 5.95 Å². The summed E-state index contributed by atoms with van der Waals surface area (Å²) >= 11 is 0. The standard InChI is InChI=1S/C32H35N7O3/c1-32(2)41-27-21(15-26(28(27)42-32)39-13-12-24-29(33)36-18-37-30(24)39)8-4-19-5-9-22-17-35-31(38-25(22)14-19)34-16-20-6-10-23(40-3)11-7-20/h5-7,9-14,17-18,21,26-28H,4,8,15-16H2,1-3H3,(H2,33,36,37)(H,34,35,38)/t21-,26+,27+,28-/m0/s1. The number of rotatable bonds is 8. The second-order valence-electron chi connectivity index (χ2n) is 11.7. The highest BCUT2D eigenvalue weighted by molar-refractivity contribution is 5.86. The van der Waals surface area contributed by atoms with Crippen LogP contribution in [0.25, 0.3) is 21.9 Å². The summed E-state index contributed by atoms with van der Waals surface area (Å²) in [6.45, 7) is 4.63. The molecule has 1 aliphatic carbocycles. The highest BCUT2D eigenvalue weighted by atomic mass is 16.8. The van der Waals surface area contributed by atoms with Crippen molar-refractivity contribution in [2.24, 2.45) is 5.92 Å². The van der Waals surface area contributed by atoms with Crippen LogP contribution in [0, 0.1) is 5.92 Å². The number of hydrogen-bond donors (Lipinski definition) is 2. The van der Waals surface area contributed by atoms with E-state index in [1.807, 2.05) is 50.4 Å². The Hall–Kier alpha value is -4.28. The van der Waals surface area contributed by atoms with Gasteiger partial charge in [-0.05, 0) is 74.4 Å². The summed E-state index contributed by atoms with van der Waals surface area (Å²) in [5, 5.41) is 5.23. The molecule has 5 aromatic rings. The zero-order valence-electron chi connectivity index (χ0n) is 24.0. The Morgan fingerprint density at radius 2 is 1.83 bits per heavy atom. The molecule has 3 aromatic heterocycles. The van der Waals surface area contributed by atoms with Gasteiger partial charge in [-0.2, -0.15) is 0 Å². The molecule has 0 unspecified atom stereocenters. The van der Waals surface area contributed by atoms with Crippen LogP contribution in [-0.2, 0) is 22.4 Å². The number of hydrogen-bond acceptors (Lipinski definition) is 9. The molecule has 0 spiro atoms. The number of nitrogens with zero attached hydrogens (tertiary/aromatic N) is 5. The van der Waals surface area contributed by atoms with E-state index in [1.54, 1.807) is 7.11 Å². The zero-order chi connectivity index (χ0) is 28.8. The third-order valence-corrected chi connectivity index (χ3v) is 8.51. The van der Waals surface area contributed by atoms with Crippen LogP contribution in [0.4, 0.5) is 11.8 Å². The van der Waals surface area contributed by atoms with Crippen LogP contribution in [0.5, 0.6) is 5.75 Å². The smallest absolute Gasteiger partial charge is 0.223 e. The van der Waals surface area contributed by atoms with Gasteiger partial charge in [-0.3, -0.25) is 0 Å². The van der Waals surface area contributed by atoms with E-state index in [2.05, 4.69) is 49.2 Å². The second kappa shape index (κ2) is 10.5. The van der Waals surface area contributed by atoms with Gasteiger partial charge in [-0.1, -0.05) is 24.3 Å². The van der Waals surface area contributed by atoms with Crippen LogP contribution in [0.3, 0.4) is 0 Å². The molecular weight excluding hydrogens is 530 g/mol. The maximum Gasteiger partial charge on any atom is 0.223 e. The first-order chi connectivity index (χ1) is 20.4. The molecule has 1 saturated carbocycles. The molecule has 4 atom stereocenters. The lowest BCUT2D eigenvalue weighted by Gasteiger charge is -2.24. The lowest BCUT2D eigenvalue weighted by atomic mass is 9.95. The summed E-state index contributed by atoms with van der Waals surface area (Å²) in [6.07, 6.45) is 8.24. The Labute approximate surface area is 244 Å². The Morgan fingerprint density at radius 3 is 2.67 bits per heavy atom. The Morgan fingerprint density at radius 1 is 1.02 bits per heavy atom. The highest BCUT2D eigenvalue weighted by Gasteiger charge is 2.54. The molecule has 10 heteroatoms. The molecule has 42 heavy (non-hydrogen) atoms. The number of aryl methyl sites for hydroxylation is 1. The molecule has 0 bridgehead atoms. The van der Waals surface area contributed by atoms with Gasteiger partial charge in [0.15, 0.2) is 5.79 Å². The Balaban J connectivity index is 1.06. The van der Waals surface area contributed by atoms with Crippen molar-refractivity contribution in [2.45, 2.75) is 63.7 Å². The maximum absolute atomic E-state index is 6.47. The van der Waals surface area contributed by atoms with Gasteiger partial charge >= 0.3 is 0 Å². The number of methoxy groups -OCH3 is 1. The molecule has 1 saturated heterocycles. The number of nitrogen functional groups attached to an aromatic ring is 1. The summed E-state index contributed by atoms with van der Waals surface area (Å²) in [5.74, 6) is 1.65. The maximum atomic E-state index is 6.47. The van der Waals surface area contributed by atoms with E-state index in [0.717, 1.165) is 52.5 Å². The summed E-state index contributed by atoms with van der Waals surface area (Å²) < 4.78 is 20.4. The Kier molecular flexibility index (Phi) is 6.67. The average molecular weight is 566 g/mol. The van der Waals surface area contributed by atoms with Gasteiger partial charge < -0.3 is 29.8 Å². The van der Waals surface area contributed by atoms with Crippen LogP contribution in [-0.4, -0.2) is 49.6 Å². The minimum Gasteiger partial charge on any atom is -0.497 e. The first kappa shape index (κ1) is 26.6. The van der Waals surface area contributed by atoms with E-state index >= 15 is 0 Å². The molecule has 1 aliphatic heterocycles. The number of nitrogens with one attached hydrogen (secondary N) is 1. The molecule has 0 amide bonds. The van der Waals surface area contributed by atoms with Gasteiger partial charge in [-0.25, -0.2) is 19.9 Å². The molecule has 2 aromatic carbocycles. The molecule has 0 radical (unpaired) electrons. The molecule has 2 fully saturated rings. The monoisotopic (exact) mass is 565 g/mol. The summed E-state index contributed by atoms with van der Waals surface area (Å²) in [6, 6.07) is 16.5. The van der Waals surface area contributed by atoms with E-state index in [9.17, 15) is 0 Å². The molecule has 3 N–H and O–H groups in total. The second-order valence-corrected chi connectivity index (χ2v) is 11.7. The van der Waals surface area contributed by atoms with Gasteiger partial charge in [0.1, 0.15) is 29.6 Å². The third kappa shape index (κ3) is 5.01. The molecule has 10 nitrogen and oxygen atoms in total. The number of nitrogens with two attached hydrogens (primary N) is 1. The minimum absolute atomic E-state index is 0.0122. The van der Waals surface area contributed by atoms with Crippen molar-refractivity contribution >= 4 is 33.7 Å². The number of fused-ring (bicyclic) bond motifs is 3. The van der Waals surface area contributed by atoms with Crippen LogP contribution < -0.4 is 15.8 Å². The van der Waals surface area contributed by atoms with Gasteiger partial charge in [0, 0.05) is 24.3 Å². The number of anilines is 2. The quantitative estimate of drug-likeness (QED) is 0.258. The largest absolute Gasteiger partial charge is 0.497 e. The summed E-state index contributed by atoms with van der Waals surface area (Å²) in [5.41, 5.74) is 10.3. The lowest BCUT2D eigenvalue weighted by Crippen LogP contribution is -2.27. The van der Waals surface area contributed by atoms with Crippen molar-refractivity contribution < 1.29 is 14.2 Å². The SMILES string of the molecule is COc1ccc(CNc2ncc3ccc(CC[C@H]4C[C@@H](n5ccc6c(N)ncnc65)[C@@H]5OC(C)(C)O[C@H]45)cc3n2)cc1. The van der Waals surface area contributed by atoms with E-state index in [1.165, 1.54) is 11.9 Å². The van der Waals surface area contributed by atoms with Crippen molar-refractivity contribution in [1.29, 1.82) is 0 Å². The van der Waals surface area contributed by atoms with Gasteiger partial charge in [0.25, 0.3) is 0 Å². The van der Waals surface area contributed by atoms with E-state index in [-0.39, 0.29) is 18.2 Å². The van der Waals surface area contributed by atoms with Crippen molar-refractivity contribution in [3.63, 3.8) is 0 Å². The number of benzene rings is 2. The topological polar surface area (TPSA) is 122 Å².